The van der Waals surface area contributed by atoms with Crippen molar-refractivity contribution >= 4 is 17.9 Å². The highest BCUT2D eigenvalue weighted by molar-refractivity contribution is 5.94. The number of hydrogen-bond donors (Lipinski definition) is 2. The number of fused-ring (bicyclic) bond motifs is 1. The zero-order valence-corrected chi connectivity index (χ0v) is 23.5. The van der Waals surface area contributed by atoms with Crippen molar-refractivity contribution < 1.29 is 48.3 Å². The van der Waals surface area contributed by atoms with Crippen molar-refractivity contribution in [3.05, 3.63) is 22.8 Å². The van der Waals surface area contributed by atoms with Gasteiger partial charge >= 0.3 is 17.9 Å². The summed E-state index contributed by atoms with van der Waals surface area (Å²) in [6.45, 7) is 12.8. The van der Waals surface area contributed by atoms with Gasteiger partial charge in [-0.3, -0.25) is 14.8 Å². The van der Waals surface area contributed by atoms with Crippen molar-refractivity contribution in [1.29, 1.82) is 0 Å². The number of rotatable bonds is 3. The fourth-order valence-corrected chi connectivity index (χ4v) is 9.36. The summed E-state index contributed by atoms with van der Waals surface area (Å²) in [7, 11) is 0. The van der Waals surface area contributed by atoms with Gasteiger partial charge in [-0.05, 0) is 45.4 Å². The van der Waals surface area contributed by atoms with Crippen molar-refractivity contribution in [2.75, 3.05) is 0 Å². The average Bonchev–Trinajstić information content (AvgIpc) is 3.58. The molecule has 2 N–H and O–H groups in total. The molecule has 0 amide bonds. The number of aromatic nitrogens is 2. The Bertz CT molecular complexity index is 1390. The van der Waals surface area contributed by atoms with Gasteiger partial charge in [0.25, 0.3) is 0 Å². The Balaban J connectivity index is 1.44. The van der Waals surface area contributed by atoms with Crippen molar-refractivity contribution in [3.63, 3.8) is 0 Å². The van der Waals surface area contributed by atoms with Crippen LogP contribution in [0.1, 0.15) is 56.9 Å². The molecule has 2 spiro atoms. The van der Waals surface area contributed by atoms with Gasteiger partial charge in [0.2, 0.25) is 11.9 Å². The number of aliphatic hydroxyl groups excluding tert-OH is 1. The molecule has 12 heteroatoms. The first kappa shape index (κ1) is 26.2. The van der Waals surface area contributed by atoms with E-state index in [0.29, 0.717) is 11.4 Å². The number of nitrogens with zero attached hydrogens (tertiary/aromatic N) is 2. The van der Waals surface area contributed by atoms with Crippen molar-refractivity contribution in [1.82, 2.24) is 9.97 Å². The number of carbonyl (C=O) groups is 3. The van der Waals surface area contributed by atoms with Crippen LogP contribution in [0.25, 0.3) is 0 Å². The number of esters is 3. The van der Waals surface area contributed by atoms with Crippen LogP contribution in [0.15, 0.2) is 0 Å². The van der Waals surface area contributed by atoms with Gasteiger partial charge < -0.3 is 33.9 Å². The molecule has 0 radical (unpaired) electrons. The molecular weight excluding hydrogens is 524 g/mol. The smallest absolute Gasteiger partial charge is 0.343 e. The minimum absolute atomic E-state index is 0.0945. The van der Waals surface area contributed by atoms with Crippen molar-refractivity contribution in [2.45, 2.75) is 103 Å². The molecule has 2 saturated carbocycles. The zero-order chi connectivity index (χ0) is 28.9. The number of hydrogen-bond acceptors (Lipinski definition) is 12. The second kappa shape index (κ2) is 7.39. The summed E-state index contributed by atoms with van der Waals surface area (Å²) < 4.78 is 30.1. The lowest BCUT2D eigenvalue weighted by atomic mass is 9.51. The van der Waals surface area contributed by atoms with E-state index in [4.69, 9.17) is 23.7 Å². The number of aryl methyl sites for hydroxylation is 3. The van der Waals surface area contributed by atoms with Crippen LogP contribution in [-0.2, 0) is 44.7 Å². The lowest BCUT2D eigenvalue weighted by molar-refractivity contribution is -0.240. The molecule has 4 aliphatic heterocycles. The summed E-state index contributed by atoms with van der Waals surface area (Å²) >= 11 is 0. The Labute approximate surface area is 230 Å². The minimum Gasteiger partial charge on any atom is -0.459 e. The minimum atomic E-state index is -2.26. The quantitative estimate of drug-likeness (QED) is 0.392. The molecule has 1 aromatic heterocycles. The van der Waals surface area contributed by atoms with E-state index in [1.54, 1.807) is 6.92 Å². The molecular formula is C28H34N2O10. The average molecular weight is 559 g/mol. The summed E-state index contributed by atoms with van der Waals surface area (Å²) in [6.07, 6.45) is -6.42. The van der Waals surface area contributed by atoms with E-state index in [1.807, 2.05) is 34.6 Å². The highest BCUT2D eigenvalue weighted by Gasteiger charge is 3.04. The molecule has 6 aliphatic rings. The Morgan fingerprint density at radius 1 is 1.00 bits per heavy atom. The molecule has 40 heavy (non-hydrogen) atoms. The summed E-state index contributed by atoms with van der Waals surface area (Å²) in [6, 6.07) is 0. The van der Waals surface area contributed by atoms with E-state index >= 15 is 0 Å². The fourth-order valence-electron chi connectivity index (χ4n) is 9.36. The summed E-state index contributed by atoms with van der Waals surface area (Å²) in [4.78, 5) is 49.4. The van der Waals surface area contributed by atoms with Crippen LogP contribution >= 0.6 is 0 Å². The van der Waals surface area contributed by atoms with Crippen LogP contribution < -0.4 is 0 Å². The van der Waals surface area contributed by atoms with Crippen LogP contribution in [0.3, 0.4) is 0 Å². The molecule has 6 fully saturated rings. The monoisotopic (exact) mass is 558 g/mol. The van der Waals surface area contributed by atoms with E-state index in [9.17, 15) is 24.6 Å². The second-order valence-corrected chi connectivity index (χ2v) is 13.4. The molecule has 5 heterocycles. The largest absolute Gasteiger partial charge is 0.459 e. The van der Waals surface area contributed by atoms with Gasteiger partial charge in [0.15, 0.2) is 17.8 Å². The third-order valence-electron chi connectivity index (χ3n) is 10.9. The summed E-state index contributed by atoms with van der Waals surface area (Å²) in [5.41, 5.74) is -5.49. The lowest BCUT2D eigenvalue weighted by Crippen LogP contribution is -2.67. The predicted octanol–water partition coefficient (Wildman–Crippen LogP) is 0.570. The molecule has 11 atom stereocenters. The highest BCUT2D eigenvalue weighted by Crippen LogP contribution is 2.84. The van der Waals surface area contributed by atoms with Crippen LogP contribution in [0.5, 0.6) is 0 Å². The number of ether oxygens (including phenoxy) is 5. The van der Waals surface area contributed by atoms with Crippen LogP contribution in [0.2, 0.25) is 0 Å². The van der Waals surface area contributed by atoms with Gasteiger partial charge in [-0.25, -0.2) is 9.59 Å². The topological polar surface area (TPSA) is 164 Å². The second-order valence-electron chi connectivity index (χ2n) is 13.4. The van der Waals surface area contributed by atoms with Crippen LogP contribution in [-0.4, -0.2) is 80.0 Å². The maximum atomic E-state index is 13.9. The van der Waals surface area contributed by atoms with Gasteiger partial charge in [0, 0.05) is 0 Å². The zero-order valence-electron chi connectivity index (χ0n) is 23.5. The maximum absolute atomic E-state index is 13.9. The molecule has 0 bridgehead atoms. The summed E-state index contributed by atoms with van der Waals surface area (Å²) in [5.74, 6) is -4.03. The third-order valence-corrected chi connectivity index (χ3v) is 10.9. The highest BCUT2D eigenvalue weighted by atomic mass is 16.8. The van der Waals surface area contributed by atoms with Gasteiger partial charge in [0.1, 0.15) is 12.2 Å². The molecule has 2 unspecified atom stereocenters. The Morgan fingerprint density at radius 3 is 2.35 bits per heavy atom. The molecule has 4 saturated heterocycles. The van der Waals surface area contributed by atoms with Crippen molar-refractivity contribution in [3.8, 4) is 0 Å². The van der Waals surface area contributed by atoms with E-state index in [-0.39, 0.29) is 13.0 Å². The number of carbonyl (C=O) groups excluding carboxylic acids is 3. The third kappa shape index (κ3) is 2.38. The van der Waals surface area contributed by atoms with Crippen LogP contribution in [0.4, 0.5) is 0 Å². The van der Waals surface area contributed by atoms with E-state index in [1.165, 1.54) is 6.92 Å². The molecule has 216 valence electrons. The predicted molar refractivity (Wildman–Crippen MR) is 131 cm³/mol. The summed E-state index contributed by atoms with van der Waals surface area (Å²) in [5, 5.41) is 24.4. The fraction of sp³-hybridized carbons (Fsp3) is 0.750. The molecule has 1 aromatic rings. The van der Waals surface area contributed by atoms with E-state index < -0.39 is 87.9 Å². The number of aliphatic hydroxyl groups is 2. The molecule has 2 aliphatic carbocycles. The normalized spacial score (nSPS) is 48.0. The van der Waals surface area contributed by atoms with Gasteiger partial charge in [0.05, 0.1) is 46.1 Å². The first-order valence-electron chi connectivity index (χ1n) is 13.7. The Morgan fingerprint density at radius 2 is 1.68 bits per heavy atom. The van der Waals surface area contributed by atoms with Gasteiger partial charge in [-0.1, -0.05) is 20.8 Å². The van der Waals surface area contributed by atoms with Gasteiger partial charge in [-0.15, -0.1) is 0 Å². The lowest BCUT2D eigenvalue weighted by Gasteiger charge is -2.48. The van der Waals surface area contributed by atoms with E-state index in [2.05, 4.69) is 9.97 Å². The van der Waals surface area contributed by atoms with Crippen LogP contribution in [0, 0.1) is 48.9 Å². The Hall–Kier alpha value is -2.67. The standard InChI is InChI=1S/C28H34N2O10/c1-10-20(32)38-18-17(31)26-16-8-15(24(5,6)7)25(26)19(36-9-14-13(4)29-11(2)12(3)30-14)21(33)39-23(25)40-28(26,22(34)37-16)27(10,18)35/h10,15-19,23,31,35H,8-9H2,1-7H3/t10-,15+,16?,17+,18+,19+,23+,25?,26+,27-,28-/m1/s1. The Kier molecular flexibility index (Phi) is 4.85. The molecule has 0 aromatic carbocycles. The molecule has 12 nitrogen and oxygen atoms in total. The maximum Gasteiger partial charge on any atom is 0.343 e. The van der Waals surface area contributed by atoms with Gasteiger partial charge in [-0.2, -0.15) is 0 Å². The first-order chi connectivity index (χ1) is 18.6. The molecule has 7 rings (SSSR count). The SMILES string of the molecule is Cc1nc(C)c(CO[C@H]2C(=O)O[C@H]3O[C@]45C(=O)OC6C[C@@H](C(C)(C)C)C32[C@@]64[C@@H](O)[C@@H]2OC(=O)[C@@H](C)[C@@]25O)nc1C. The van der Waals surface area contributed by atoms with E-state index in [0.717, 1.165) is 11.4 Å². The first-order valence-corrected chi connectivity index (χ1v) is 13.7. The van der Waals surface area contributed by atoms with Crippen molar-refractivity contribution in [2.24, 2.45) is 28.1 Å².